The lowest BCUT2D eigenvalue weighted by molar-refractivity contribution is -0.139. The number of anilines is 1. The van der Waals surface area contributed by atoms with Crippen molar-refractivity contribution >= 4 is 29.5 Å². The molecule has 11 nitrogen and oxygen atoms in total. The van der Waals surface area contributed by atoms with E-state index in [1.54, 1.807) is 13.8 Å². The molecule has 0 saturated heterocycles. The van der Waals surface area contributed by atoms with Crippen LogP contribution in [-0.4, -0.2) is 74.3 Å². The Morgan fingerprint density at radius 1 is 0.691 bits per heavy atom. The van der Waals surface area contributed by atoms with Crippen molar-refractivity contribution in [2.45, 2.75) is 166 Å². The van der Waals surface area contributed by atoms with E-state index in [4.69, 9.17) is 19.5 Å². The third-order valence-electron chi connectivity index (χ3n) is 10.8. The van der Waals surface area contributed by atoms with Gasteiger partial charge >= 0.3 is 5.97 Å². The van der Waals surface area contributed by atoms with Gasteiger partial charge in [-0.05, 0) is 77.3 Å². The Kier molecular flexibility index (Phi) is 20.0. The Morgan fingerprint density at radius 2 is 1.22 bits per heavy atom. The third-order valence-corrected chi connectivity index (χ3v) is 10.8. The number of hydrogen-bond donors (Lipinski definition) is 5. The molecule has 0 bridgehead atoms. The largest absolute Gasteiger partial charge is 0.490 e. The molecule has 0 aromatic heterocycles. The predicted octanol–water partition coefficient (Wildman–Crippen LogP) is 8.09. The molecule has 1 aromatic rings. The molecule has 1 amide bonds. The molecule has 0 aliphatic heterocycles. The number of guanidine groups is 2. The molecule has 4 fully saturated rings. The summed E-state index contributed by atoms with van der Waals surface area (Å²) >= 11 is 0. The molecule has 0 unspecified atom stereocenters. The highest BCUT2D eigenvalue weighted by Gasteiger charge is 2.20. The summed E-state index contributed by atoms with van der Waals surface area (Å²) < 4.78 is 10.8. The highest BCUT2D eigenvalue weighted by atomic mass is 16.6. The van der Waals surface area contributed by atoms with Crippen LogP contribution in [0.4, 0.5) is 5.69 Å². The van der Waals surface area contributed by atoms with Crippen LogP contribution in [0, 0.1) is 0 Å². The van der Waals surface area contributed by atoms with Gasteiger partial charge in [-0.2, -0.15) is 0 Å². The molecule has 55 heavy (non-hydrogen) atoms. The molecule has 306 valence electrons. The fourth-order valence-corrected chi connectivity index (χ4v) is 7.66. The number of aliphatic imine (C=N–C) groups is 2. The van der Waals surface area contributed by atoms with Gasteiger partial charge in [0, 0.05) is 47.6 Å². The molecule has 0 radical (unpaired) electrons. The molecule has 11 heteroatoms. The summed E-state index contributed by atoms with van der Waals surface area (Å²) in [5.74, 6) is 2.05. The summed E-state index contributed by atoms with van der Waals surface area (Å²) in [5.41, 5.74) is 1.87. The van der Waals surface area contributed by atoms with Gasteiger partial charge in [0.1, 0.15) is 19.0 Å². The van der Waals surface area contributed by atoms with E-state index in [1.165, 1.54) is 128 Å². The van der Waals surface area contributed by atoms with Crippen LogP contribution >= 0.6 is 0 Å². The van der Waals surface area contributed by atoms with Gasteiger partial charge in [-0.1, -0.05) is 96.3 Å². The topological polar surface area (TPSA) is 137 Å². The molecular formula is C44H71N7O4. The van der Waals surface area contributed by atoms with E-state index in [9.17, 15) is 9.59 Å². The Morgan fingerprint density at radius 3 is 1.75 bits per heavy atom. The molecule has 0 heterocycles. The Hall–Kier alpha value is -4.02. The molecule has 4 aliphatic rings. The van der Waals surface area contributed by atoms with Gasteiger partial charge < -0.3 is 36.1 Å². The van der Waals surface area contributed by atoms with E-state index in [1.807, 2.05) is 24.3 Å². The van der Waals surface area contributed by atoms with Crippen molar-refractivity contribution in [1.29, 1.82) is 0 Å². The lowest BCUT2D eigenvalue weighted by Crippen LogP contribution is -2.48. The van der Waals surface area contributed by atoms with Crippen LogP contribution in [0.25, 0.3) is 0 Å². The maximum absolute atomic E-state index is 11.5. The SMILES string of the molecule is C=C(C)C(=O)NCCN=C(NC1CCCCC1)NC1CCCCC1.C=C(C)C(=O)OCCOc1cccc(NC(=NC2CCCCC2)NC2CCCCC2)c1. The molecule has 5 N–H and O–H groups in total. The van der Waals surface area contributed by atoms with Crippen molar-refractivity contribution in [2.75, 3.05) is 31.6 Å². The third kappa shape index (κ3) is 18.0. The fraction of sp³-hybridized carbons (Fsp3) is 0.682. The molecular weight excluding hydrogens is 691 g/mol. The predicted molar refractivity (Wildman–Crippen MR) is 226 cm³/mol. The Bertz CT molecular complexity index is 1370. The van der Waals surface area contributed by atoms with Crippen molar-refractivity contribution in [1.82, 2.24) is 21.3 Å². The van der Waals surface area contributed by atoms with E-state index >= 15 is 0 Å². The molecule has 0 spiro atoms. The zero-order chi connectivity index (χ0) is 39.1. The second-order valence-electron chi connectivity index (χ2n) is 15.9. The number of hydrogen-bond acceptors (Lipinski definition) is 6. The van der Waals surface area contributed by atoms with Gasteiger partial charge in [0.2, 0.25) is 5.91 Å². The van der Waals surface area contributed by atoms with Gasteiger partial charge in [-0.15, -0.1) is 0 Å². The summed E-state index contributed by atoms with van der Waals surface area (Å²) in [4.78, 5) is 32.7. The quantitative estimate of drug-likeness (QED) is 0.0422. The molecule has 0 atom stereocenters. The number of amides is 1. The summed E-state index contributed by atoms with van der Waals surface area (Å²) in [6.45, 7) is 12.2. The number of ether oxygens (including phenoxy) is 2. The van der Waals surface area contributed by atoms with Crippen LogP contribution in [0.5, 0.6) is 5.75 Å². The monoisotopic (exact) mass is 762 g/mol. The highest BCUT2D eigenvalue weighted by Crippen LogP contribution is 2.23. The maximum atomic E-state index is 11.5. The average Bonchev–Trinajstić information content (AvgIpc) is 3.20. The number of benzene rings is 1. The van der Waals surface area contributed by atoms with Crippen LogP contribution in [-0.2, 0) is 14.3 Å². The first-order valence-electron chi connectivity index (χ1n) is 21.4. The lowest BCUT2D eigenvalue weighted by Gasteiger charge is -2.29. The first-order valence-corrected chi connectivity index (χ1v) is 21.4. The first kappa shape index (κ1) is 43.7. The van der Waals surface area contributed by atoms with Gasteiger partial charge in [-0.3, -0.25) is 9.79 Å². The van der Waals surface area contributed by atoms with E-state index in [-0.39, 0.29) is 12.5 Å². The second kappa shape index (κ2) is 25.2. The lowest BCUT2D eigenvalue weighted by atomic mass is 9.95. The van der Waals surface area contributed by atoms with Crippen LogP contribution in [0.2, 0.25) is 0 Å². The minimum absolute atomic E-state index is 0.0905. The second-order valence-corrected chi connectivity index (χ2v) is 15.9. The summed E-state index contributed by atoms with van der Waals surface area (Å²) in [6.07, 6.45) is 25.4. The van der Waals surface area contributed by atoms with E-state index in [0.717, 1.165) is 23.4 Å². The number of rotatable bonds is 14. The number of carbonyl (C=O) groups is 2. The molecule has 1 aromatic carbocycles. The van der Waals surface area contributed by atoms with Crippen LogP contribution in [0.1, 0.15) is 142 Å². The zero-order valence-corrected chi connectivity index (χ0v) is 34.0. The van der Waals surface area contributed by atoms with Crippen molar-refractivity contribution in [3.63, 3.8) is 0 Å². The number of esters is 1. The minimum Gasteiger partial charge on any atom is -0.490 e. The zero-order valence-electron chi connectivity index (χ0n) is 34.0. The Labute approximate surface area is 331 Å². The summed E-state index contributed by atoms with van der Waals surface area (Å²) in [6, 6.07) is 9.80. The van der Waals surface area contributed by atoms with E-state index in [0.29, 0.717) is 55.0 Å². The average molecular weight is 762 g/mol. The van der Waals surface area contributed by atoms with Crippen molar-refractivity contribution < 1.29 is 19.1 Å². The van der Waals surface area contributed by atoms with Crippen molar-refractivity contribution in [3.05, 3.63) is 48.6 Å². The number of carbonyl (C=O) groups excluding carboxylic acids is 2. The van der Waals surface area contributed by atoms with E-state index in [2.05, 4.69) is 39.7 Å². The van der Waals surface area contributed by atoms with E-state index < -0.39 is 5.97 Å². The summed E-state index contributed by atoms with van der Waals surface area (Å²) in [7, 11) is 0. The van der Waals surface area contributed by atoms with Crippen LogP contribution in [0.15, 0.2) is 58.6 Å². The van der Waals surface area contributed by atoms with Gasteiger partial charge in [0.15, 0.2) is 11.9 Å². The molecule has 4 aliphatic carbocycles. The first-order chi connectivity index (χ1) is 26.7. The summed E-state index contributed by atoms with van der Waals surface area (Å²) in [5, 5.41) is 17.3. The fourth-order valence-electron chi connectivity index (χ4n) is 7.66. The minimum atomic E-state index is -0.392. The molecule has 4 saturated carbocycles. The van der Waals surface area contributed by atoms with Crippen LogP contribution in [0.3, 0.4) is 0 Å². The standard InChI is InChI=1S/C25H37N3O3.C19H34N4O/c1-19(2)24(29)31-17-16-30-23-15-9-14-22(18-23)28-25(26-20-10-5-3-6-11-20)27-21-12-7-4-8-13-21;1-15(2)18(24)20-13-14-21-19(22-16-9-5-3-6-10-16)23-17-11-7-4-8-12-17/h9,14-15,18,20-21H,1,3-8,10-13,16-17H2,2H3,(H2,26,27,28);16-17H,1,3-14H2,2H3,(H,20,24)(H2,21,22,23). The Balaban J connectivity index is 0.000000253. The number of nitrogens with zero attached hydrogens (tertiary/aromatic N) is 2. The van der Waals surface area contributed by atoms with Gasteiger partial charge in [0.05, 0.1) is 12.6 Å². The molecule has 5 rings (SSSR count). The van der Waals surface area contributed by atoms with Gasteiger partial charge in [0.25, 0.3) is 0 Å². The smallest absolute Gasteiger partial charge is 0.333 e. The van der Waals surface area contributed by atoms with Crippen molar-refractivity contribution in [2.24, 2.45) is 9.98 Å². The number of nitrogens with one attached hydrogen (secondary N) is 5. The van der Waals surface area contributed by atoms with Crippen molar-refractivity contribution in [3.8, 4) is 5.75 Å². The normalized spacial score (nSPS) is 18.8. The van der Waals surface area contributed by atoms with Crippen LogP contribution < -0.4 is 31.3 Å². The highest BCUT2D eigenvalue weighted by molar-refractivity contribution is 5.94. The maximum Gasteiger partial charge on any atom is 0.333 e. The van der Waals surface area contributed by atoms with Gasteiger partial charge in [-0.25, -0.2) is 9.79 Å².